The van der Waals surface area contributed by atoms with E-state index in [2.05, 4.69) is 15.9 Å². The molecule has 0 saturated carbocycles. The number of benzene rings is 1. The van der Waals surface area contributed by atoms with Crippen LogP contribution in [0.1, 0.15) is 22.8 Å². The molecule has 0 aliphatic carbocycles. The molecule has 7 heteroatoms. The Morgan fingerprint density at radius 2 is 2.05 bits per heavy atom. The molecule has 0 fully saturated rings. The van der Waals surface area contributed by atoms with E-state index in [0.29, 0.717) is 4.47 Å². The number of halogens is 4. The summed E-state index contributed by atoms with van der Waals surface area (Å²) >= 11 is 4.71. The zero-order valence-electron chi connectivity index (χ0n) is 11.3. The van der Waals surface area contributed by atoms with Crippen LogP contribution in [-0.4, -0.2) is 35.9 Å². The highest BCUT2D eigenvalue weighted by molar-refractivity contribution is 9.10. The molecule has 1 aromatic carbocycles. The minimum absolute atomic E-state index is 0.0234. The molecular formula is C13H15BrF3NOS. The van der Waals surface area contributed by atoms with E-state index in [1.165, 1.54) is 11.0 Å². The molecule has 0 radical (unpaired) electrons. The summed E-state index contributed by atoms with van der Waals surface area (Å²) in [6.07, 6.45) is -2.55. The molecule has 0 N–H and O–H groups in total. The Labute approximate surface area is 128 Å². The molecule has 2 nitrogen and oxygen atoms in total. The van der Waals surface area contributed by atoms with Crippen LogP contribution in [0.5, 0.6) is 0 Å². The van der Waals surface area contributed by atoms with Crippen LogP contribution in [-0.2, 0) is 6.18 Å². The van der Waals surface area contributed by atoms with Crippen LogP contribution in [0.2, 0.25) is 0 Å². The molecular weight excluding hydrogens is 355 g/mol. The number of rotatable bonds is 4. The number of alkyl halides is 3. The highest BCUT2D eigenvalue weighted by Crippen LogP contribution is 2.32. The van der Waals surface area contributed by atoms with Gasteiger partial charge in [0.05, 0.1) is 11.1 Å². The van der Waals surface area contributed by atoms with Crippen LogP contribution in [0.25, 0.3) is 0 Å². The third kappa shape index (κ3) is 4.15. The van der Waals surface area contributed by atoms with Gasteiger partial charge in [0.2, 0.25) is 0 Å². The first kappa shape index (κ1) is 17.4. The molecule has 1 unspecified atom stereocenters. The Morgan fingerprint density at radius 3 is 2.55 bits per heavy atom. The summed E-state index contributed by atoms with van der Waals surface area (Å²) in [6.45, 7) is 1.86. The average molecular weight is 370 g/mol. The quantitative estimate of drug-likeness (QED) is 0.788. The predicted octanol–water partition coefficient (Wildman–Crippen LogP) is 4.29. The Bertz CT molecular complexity index is 493. The van der Waals surface area contributed by atoms with Crippen LogP contribution < -0.4 is 0 Å². The summed E-state index contributed by atoms with van der Waals surface area (Å²) in [7, 11) is 1.59. The second-order valence-corrected chi connectivity index (χ2v) is 6.18. The van der Waals surface area contributed by atoms with Crippen LogP contribution >= 0.6 is 27.7 Å². The first-order valence-corrected chi connectivity index (χ1v) is 8.00. The lowest BCUT2D eigenvalue weighted by molar-refractivity contribution is -0.137. The van der Waals surface area contributed by atoms with E-state index < -0.39 is 17.6 Å². The summed E-state index contributed by atoms with van der Waals surface area (Å²) in [5.74, 6) is 0.295. The molecule has 0 aliphatic heterocycles. The third-order valence-electron chi connectivity index (χ3n) is 2.91. The molecule has 0 saturated heterocycles. The van der Waals surface area contributed by atoms with Crippen molar-refractivity contribution in [1.29, 1.82) is 0 Å². The average Bonchev–Trinajstić information content (AvgIpc) is 2.36. The van der Waals surface area contributed by atoms with Gasteiger partial charge in [0.1, 0.15) is 0 Å². The highest BCUT2D eigenvalue weighted by atomic mass is 79.9. The van der Waals surface area contributed by atoms with Crippen molar-refractivity contribution in [3.63, 3.8) is 0 Å². The molecule has 0 bridgehead atoms. The van der Waals surface area contributed by atoms with Crippen molar-refractivity contribution in [2.75, 3.05) is 19.1 Å². The lowest BCUT2D eigenvalue weighted by Crippen LogP contribution is -2.36. The van der Waals surface area contributed by atoms with Crippen LogP contribution in [0.3, 0.4) is 0 Å². The third-order valence-corrected chi connectivity index (χ3v) is 4.42. The van der Waals surface area contributed by atoms with Gasteiger partial charge in [-0.05, 0) is 47.3 Å². The van der Waals surface area contributed by atoms with E-state index in [4.69, 9.17) is 0 Å². The molecule has 1 amide bonds. The van der Waals surface area contributed by atoms with Crippen LogP contribution in [0.15, 0.2) is 22.7 Å². The van der Waals surface area contributed by atoms with Crippen molar-refractivity contribution in [2.45, 2.75) is 19.1 Å². The Kier molecular flexibility index (Phi) is 5.94. The Morgan fingerprint density at radius 1 is 1.45 bits per heavy atom. The maximum absolute atomic E-state index is 12.7. The SMILES string of the molecule is CSCC(C)N(C)C(=O)c1cc(C(F)(F)F)ccc1Br. The van der Waals surface area contributed by atoms with Gasteiger partial charge in [0, 0.05) is 23.3 Å². The molecule has 0 aliphatic rings. The van der Waals surface area contributed by atoms with E-state index in [9.17, 15) is 18.0 Å². The summed E-state index contributed by atoms with van der Waals surface area (Å²) in [4.78, 5) is 13.7. The molecule has 1 rings (SSSR count). The smallest absolute Gasteiger partial charge is 0.338 e. The van der Waals surface area contributed by atoms with Crippen molar-refractivity contribution in [1.82, 2.24) is 4.90 Å². The maximum Gasteiger partial charge on any atom is 0.416 e. The minimum atomic E-state index is -4.46. The van der Waals surface area contributed by atoms with Crippen LogP contribution in [0, 0.1) is 0 Å². The standard InChI is InChI=1S/C13H15BrF3NOS/c1-8(7-20-3)18(2)12(19)10-6-9(13(15,16)17)4-5-11(10)14/h4-6,8H,7H2,1-3H3. The van der Waals surface area contributed by atoms with Crippen LogP contribution in [0.4, 0.5) is 13.2 Å². The summed E-state index contributed by atoms with van der Waals surface area (Å²) in [6, 6.07) is 3.03. The van der Waals surface area contributed by atoms with Gasteiger partial charge in [0.25, 0.3) is 5.91 Å². The second kappa shape index (κ2) is 6.85. The van der Waals surface area contributed by atoms with Gasteiger partial charge < -0.3 is 4.90 Å². The first-order valence-electron chi connectivity index (χ1n) is 5.81. The maximum atomic E-state index is 12.7. The van der Waals surface area contributed by atoms with Gasteiger partial charge in [-0.1, -0.05) is 0 Å². The molecule has 0 aromatic heterocycles. The lowest BCUT2D eigenvalue weighted by atomic mass is 10.1. The number of nitrogens with zero attached hydrogens (tertiary/aromatic N) is 1. The van der Waals surface area contributed by atoms with Gasteiger partial charge in [-0.15, -0.1) is 0 Å². The van der Waals surface area contributed by atoms with Crippen molar-refractivity contribution < 1.29 is 18.0 Å². The molecule has 0 spiro atoms. The van der Waals surface area contributed by atoms with Crippen molar-refractivity contribution in [3.05, 3.63) is 33.8 Å². The fourth-order valence-corrected chi connectivity index (χ4v) is 2.73. The van der Waals surface area contributed by atoms with Crippen molar-refractivity contribution in [2.24, 2.45) is 0 Å². The van der Waals surface area contributed by atoms with Gasteiger partial charge >= 0.3 is 6.18 Å². The van der Waals surface area contributed by atoms with E-state index in [1.54, 1.807) is 18.8 Å². The summed E-state index contributed by atoms with van der Waals surface area (Å²) < 4.78 is 38.5. The normalized spacial score (nSPS) is 13.2. The first-order chi connectivity index (χ1) is 9.18. The zero-order chi connectivity index (χ0) is 15.5. The molecule has 1 atom stereocenters. The van der Waals surface area contributed by atoms with E-state index in [0.717, 1.165) is 17.9 Å². The molecule has 112 valence electrons. The fourth-order valence-electron chi connectivity index (χ4n) is 1.61. The van der Waals surface area contributed by atoms with Crippen molar-refractivity contribution >= 4 is 33.6 Å². The summed E-state index contributed by atoms with van der Waals surface area (Å²) in [5, 5.41) is 0. The molecule has 1 aromatic rings. The minimum Gasteiger partial charge on any atom is -0.338 e. The monoisotopic (exact) mass is 369 g/mol. The van der Waals surface area contributed by atoms with Gasteiger partial charge in [-0.3, -0.25) is 4.79 Å². The Balaban J connectivity index is 3.09. The van der Waals surface area contributed by atoms with Gasteiger partial charge in [0.15, 0.2) is 0 Å². The van der Waals surface area contributed by atoms with E-state index in [-0.39, 0.29) is 11.6 Å². The lowest BCUT2D eigenvalue weighted by Gasteiger charge is -2.25. The van der Waals surface area contributed by atoms with E-state index in [1.807, 2.05) is 13.2 Å². The number of carbonyl (C=O) groups is 1. The largest absolute Gasteiger partial charge is 0.416 e. The number of amides is 1. The van der Waals surface area contributed by atoms with Gasteiger partial charge in [-0.2, -0.15) is 24.9 Å². The molecule has 0 heterocycles. The molecule has 20 heavy (non-hydrogen) atoms. The number of hydrogen-bond donors (Lipinski definition) is 0. The van der Waals surface area contributed by atoms with E-state index >= 15 is 0 Å². The predicted molar refractivity (Wildman–Crippen MR) is 79.1 cm³/mol. The fraction of sp³-hybridized carbons (Fsp3) is 0.462. The summed E-state index contributed by atoms with van der Waals surface area (Å²) in [5.41, 5.74) is -0.801. The Hall–Kier alpha value is -0.690. The van der Waals surface area contributed by atoms with Gasteiger partial charge in [-0.25, -0.2) is 0 Å². The highest BCUT2D eigenvalue weighted by Gasteiger charge is 2.32. The second-order valence-electron chi connectivity index (χ2n) is 4.41. The topological polar surface area (TPSA) is 20.3 Å². The number of hydrogen-bond acceptors (Lipinski definition) is 2. The number of thioether (sulfide) groups is 1. The number of carbonyl (C=O) groups excluding carboxylic acids is 1. The van der Waals surface area contributed by atoms with Crippen molar-refractivity contribution in [3.8, 4) is 0 Å². The zero-order valence-corrected chi connectivity index (χ0v) is 13.7.